The minimum atomic E-state index is -0.738. The molecular weight excluding hydrogens is 516 g/mol. The largest absolute Gasteiger partial charge is 0.503 e. The van der Waals surface area contributed by atoms with Gasteiger partial charge >= 0.3 is 5.97 Å². The molecule has 0 unspecified atom stereocenters. The molecular formula is C27H27ClN2O6S. The van der Waals surface area contributed by atoms with Crippen molar-refractivity contribution in [3.8, 4) is 17.2 Å². The average molecular weight is 543 g/mol. The summed E-state index contributed by atoms with van der Waals surface area (Å²) in [6.07, 6.45) is 1.31. The Labute approximate surface area is 222 Å². The third-order valence-electron chi connectivity index (χ3n) is 5.66. The van der Waals surface area contributed by atoms with Gasteiger partial charge in [-0.2, -0.15) is 0 Å². The van der Waals surface area contributed by atoms with E-state index in [1.54, 1.807) is 45.0 Å². The first-order chi connectivity index (χ1) is 17.6. The van der Waals surface area contributed by atoms with Crippen LogP contribution < -0.4 is 24.4 Å². The van der Waals surface area contributed by atoms with E-state index in [1.807, 2.05) is 19.1 Å². The van der Waals surface area contributed by atoms with Crippen molar-refractivity contribution in [1.82, 2.24) is 4.57 Å². The van der Waals surface area contributed by atoms with Gasteiger partial charge in [-0.25, -0.2) is 9.79 Å². The summed E-state index contributed by atoms with van der Waals surface area (Å²) < 4.78 is 18.2. The van der Waals surface area contributed by atoms with Gasteiger partial charge in [-0.05, 0) is 69.2 Å². The van der Waals surface area contributed by atoms with E-state index in [9.17, 15) is 14.7 Å². The first-order valence-corrected chi connectivity index (χ1v) is 12.9. The molecule has 4 rings (SSSR count). The molecule has 10 heteroatoms. The molecule has 3 aromatic rings. The normalized spacial score (nSPS) is 15.4. The number of phenols is 1. The van der Waals surface area contributed by atoms with Crippen molar-refractivity contribution in [1.29, 1.82) is 0 Å². The highest BCUT2D eigenvalue weighted by Gasteiger charge is 2.33. The predicted octanol–water partition coefficient (Wildman–Crippen LogP) is 3.95. The smallest absolute Gasteiger partial charge is 0.338 e. The highest BCUT2D eigenvalue weighted by atomic mass is 35.5. The minimum absolute atomic E-state index is 0.0974. The van der Waals surface area contributed by atoms with E-state index in [0.29, 0.717) is 38.5 Å². The number of hydrogen-bond acceptors (Lipinski definition) is 8. The fraction of sp³-hybridized carbons (Fsp3) is 0.296. The summed E-state index contributed by atoms with van der Waals surface area (Å²) in [6.45, 7) is 7.69. The van der Waals surface area contributed by atoms with Crippen LogP contribution in [0.3, 0.4) is 0 Å². The Kier molecular flexibility index (Phi) is 7.75. The van der Waals surface area contributed by atoms with Crippen LogP contribution in [0.5, 0.6) is 17.2 Å². The summed E-state index contributed by atoms with van der Waals surface area (Å²) in [5.41, 5.74) is 1.74. The molecule has 8 nitrogen and oxygen atoms in total. The fourth-order valence-electron chi connectivity index (χ4n) is 4.07. The predicted molar refractivity (Wildman–Crippen MR) is 142 cm³/mol. The van der Waals surface area contributed by atoms with Crippen LogP contribution in [0.2, 0.25) is 5.02 Å². The molecule has 0 fully saturated rings. The first kappa shape index (κ1) is 26.5. The third kappa shape index (κ3) is 5.28. The van der Waals surface area contributed by atoms with Gasteiger partial charge in [-0.3, -0.25) is 9.36 Å². The van der Waals surface area contributed by atoms with E-state index in [-0.39, 0.29) is 28.2 Å². The number of allylic oxidation sites excluding steroid dienone is 1. The Morgan fingerprint density at radius 1 is 1.27 bits per heavy atom. The van der Waals surface area contributed by atoms with E-state index in [4.69, 9.17) is 25.8 Å². The number of methoxy groups -OCH3 is 1. The van der Waals surface area contributed by atoms with Crippen LogP contribution in [0.15, 0.2) is 57.5 Å². The Hall–Kier alpha value is -3.56. The summed E-state index contributed by atoms with van der Waals surface area (Å²) in [6, 6.07) is 9.66. The number of phenolic OH excluding ortho intramolecular Hbond substituents is 1. The molecule has 0 spiro atoms. The number of fused-ring (bicyclic) bond motifs is 1. The van der Waals surface area contributed by atoms with Gasteiger partial charge in [0.2, 0.25) is 0 Å². The van der Waals surface area contributed by atoms with Crippen molar-refractivity contribution < 1.29 is 24.1 Å². The van der Waals surface area contributed by atoms with E-state index in [1.165, 1.54) is 29.1 Å². The summed E-state index contributed by atoms with van der Waals surface area (Å²) >= 11 is 7.33. The van der Waals surface area contributed by atoms with Crippen LogP contribution in [-0.4, -0.2) is 35.5 Å². The molecule has 1 aliphatic heterocycles. The summed E-state index contributed by atoms with van der Waals surface area (Å²) in [4.78, 5) is 32.0. The monoisotopic (exact) mass is 542 g/mol. The maximum absolute atomic E-state index is 13.7. The Morgan fingerprint density at radius 2 is 1.97 bits per heavy atom. The van der Waals surface area contributed by atoms with Crippen molar-refractivity contribution >= 4 is 35.0 Å². The maximum atomic E-state index is 13.7. The lowest BCUT2D eigenvalue weighted by molar-refractivity contribution is -0.143. The number of aromatic nitrogens is 1. The molecule has 1 N–H and O–H groups in total. The van der Waals surface area contributed by atoms with E-state index in [2.05, 4.69) is 4.99 Å². The number of thiazole rings is 1. The number of carbonyl (C=O) groups is 1. The van der Waals surface area contributed by atoms with E-state index < -0.39 is 12.0 Å². The van der Waals surface area contributed by atoms with Gasteiger partial charge in [0.15, 0.2) is 16.3 Å². The van der Waals surface area contributed by atoms with Crippen molar-refractivity contribution in [2.75, 3.05) is 13.7 Å². The molecule has 0 saturated carbocycles. The second kappa shape index (κ2) is 10.8. The molecule has 2 aromatic carbocycles. The number of carbonyl (C=O) groups excluding carboxylic acids is 1. The number of nitrogens with zero attached hydrogens (tertiary/aromatic N) is 2. The highest BCUT2D eigenvalue weighted by molar-refractivity contribution is 7.07. The molecule has 0 radical (unpaired) electrons. The Balaban J connectivity index is 1.92. The lowest BCUT2D eigenvalue weighted by Gasteiger charge is -2.25. The second-order valence-corrected chi connectivity index (χ2v) is 10.0. The van der Waals surface area contributed by atoms with Crippen LogP contribution in [0, 0.1) is 0 Å². The van der Waals surface area contributed by atoms with Crippen molar-refractivity contribution in [3.05, 3.63) is 83.5 Å². The zero-order chi connectivity index (χ0) is 26.9. The Bertz CT molecular complexity index is 1550. The summed E-state index contributed by atoms with van der Waals surface area (Å²) in [5, 5.41) is 10.2. The standard InChI is InChI=1S/C27H27ClN2O6S/c1-6-35-18-9-7-17(8-10-18)23-22(26(33)36-14(2)3)15(4)29-27-30(23)25(32)21(37-27)13-16-11-19(28)24(31)20(12-16)34-5/h7-14,23,31H,6H2,1-5H3/b21-13+/t23-/m0/s1. The number of esters is 1. The molecule has 1 atom stereocenters. The molecule has 194 valence electrons. The number of benzene rings is 2. The molecule has 1 aromatic heterocycles. The number of aromatic hydroxyl groups is 1. The topological polar surface area (TPSA) is 99.4 Å². The first-order valence-electron chi connectivity index (χ1n) is 11.7. The van der Waals surface area contributed by atoms with Crippen LogP contribution in [-0.2, 0) is 9.53 Å². The number of rotatable bonds is 7. The van der Waals surface area contributed by atoms with Gasteiger partial charge in [0.25, 0.3) is 5.56 Å². The molecule has 37 heavy (non-hydrogen) atoms. The lowest BCUT2D eigenvalue weighted by Crippen LogP contribution is -2.40. The van der Waals surface area contributed by atoms with Gasteiger partial charge in [0, 0.05) is 0 Å². The number of halogens is 1. The van der Waals surface area contributed by atoms with E-state index >= 15 is 0 Å². The van der Waals surface area contributed by atoms with Gasteiger partial charge < -0.3 is 19.3 Å². The molecule has 0 saturated heterocycles. The zero-order valence-electron chi connectivity index (χ0n) is 21.1. The zero-order valence-corrected chi connectivity index (χ0v) is 22.6. The molecule has 0 amide bonds. The molecule has 0 aliphatic carbocycles. The quantitative estimate of drug-likeness (QED) is 0.454. The fourth-order valence-corrected chi connectivity index (χ4v) is 5.34. The Morgan fingerprint density at radius 3 is 2.59 bits per heavy atom. The van der Waals surface area contributed by atoms with Gasteiger partial charge in [0.1, 0.15) is 5.75 Å². The van der Waals surface area contributed by atoms with Gasteiger partial charge in [0.05, 0.1) is 46.7 Å². The third-order valence-corrected chi connectivity index (χ3v) is 6.93. The molecule has 0 bridgehead atoms. The maximum Gasteiger partial charge on any atom is 0.338 e. The van der Waals surface area contributed by atoms with Crippen molar-refractivity contribution in [2.24, 2.45) is 4.99 Å². The van der Waals surface area contributed by atoms with Crippen LogP contribution in [0.1, 0.15) is 44.9 Å². The minimum Gasteiger partial charge on any atom is -0.503 e. The average Bonchev–Trinajstić information content (AvgIpc) is 3.14. The second-order valence-electron chi connectivity index (χ2n) is 8.59. The summed E-state index contributed by atoms with van der Waals surface area (Å²) in [7, 11) is 1.42. The van der Waals surface area contributed by atoms with Crippen molar-refractivity contribution in [2.45, 2.75) is 39.8 Å². The van der Waals surface area contributed by atoms with Gasteiger partial charge in [-0.15, -0.1) is 0 Å². The number of hydrogen-bond donors (Lipinski definition) is 1. The molecule has 2 heterocycles. The van der Waals surface area contributed by atoms with Crippen LogP contribution in [0.4, 0.5) is 0 Å². The highest BCUT2D eigenvalue weighted by Crippen LogP contribution is 2.35. The molecule has 1 aliphatic rings. The summed E-state index contributed by atoms with van der Waals surface area (Å²) in [5.74, 6) is 0.166. The van der Waals surface area contributed by atoms with Crippen molar-refractivity contribution in [3.63, 3.8) is 0 Å². The number of ether oxygens (including phenoxy) is 3. The van der Waals surface area contributed by atoms with E-state index in [0.717, 1.165) is 5.56 Å². The van der Waals surface area contributed by atoms with Crippen LogP contribution in [0.25, 0.3) is 6.08 Å². The SMILES string of the molecule is CCOc1ccc([C@H]2C(C(=O)OC(C)C)=C(C)N=c3s/c(=C/c4cc(Cl)c(O)c(OC)c4)c(=O)n32)cc1. The van der Waals surface area contributed by atoms with Gasteiger partial charge in [-0.1, -0.05) is 35.1 Å². The lowest BCUT2D eigenvalue weighted by atomic mass is 9.96. The van der Waals surface area contributed by atoms with Crippen LogP contribution >= 0.6 is 22.9 Å².